The Kier molecular flexibility index (Phi) is 4.96. The Labute approximate surface area is 131 Å². The second-order valence-electron chi connectivity index (χ2n) is 5.38. The van der Waals surface area contributed by atoms with Crippen molar-refractivity contribution in [3.63, 3.8) is 0 Å². The van der Waals surface area contributed by atoms with E-state index in [9.17, 15) is 8.42 Å². The number of allylic oxidation sites excluding steroid dienone is 2. The summed E-state index contributed by atoms with van der Waals surface area (Å²) in [5.41, 5.74) is 8.80. The first kappa shape index (κ1) is 16.3. The third kappa shape index (κ3) is 3.59. The van der Waals surface area contributed by atoms with Gasteiger partial charge in [0.15, 0.2) is 0 Å². The Morgan fingerprint density at radius 3 is 2.52 bits per heavy atom. The molecule has 1 aliphatic heterocycles. The van der Waals surface area contributed by atoms with Gasteiger partial charge in [0, 0.05) is 18.7 Å². The van der Waals surface area contributed by atoms with E-state index in [2.05, 4.69) is 6.08 Å². The molecule has 0 aliphatic carbocycles. The Bertz CT molecular complexity index is 648. The fourth-order valence-corrected chi connectivity index (χ4v) is 3.95. The van der Waals surface area contributed by atoms with Crippen LogP contribution in [-0.4, -0.2) is 32.1 Å². The summed E-state index contributed by atoms with van der Waals surface area (Å²) in [4.78, 5) is 0. The lowest BCUT2D eigenvalue weighted by Gasteiger charge is -2.32. The molecule has 1 aromatic carbocycles. The van der Waals surface area contributed by atoms with Gasteiger partial charge in [-0.05, 0) is 37.3 Å². The second-order valence-corrected chi connectivity index (χ2v) is 7.77. The molecular weight excluding hydrogens is 308 g/mol. The van der Waals surface area contributed by atoms with Gasteiger partial charge >= 0.3 is 0 Å². The van der Waals surface area contributed by atoms with Gasteiger partial charge in [-0.2, -0.15) is 0 Å². The van der Waals surface area contributed by atoms with Gasteiger partial charge in [-0.25, -0.2) is 12.7 Å². The number of nitrogens with two attached hydrogens (primary N) is 1. The number of hydrogen-bond donors (Lipinski definition) is 1. The van der Waals surface area contributed by atoms with E-state index in [1.54, 1.807) is 6.07 Å². The molecule has 0 spiro atoms. The molecule has 1 aromatic rings. The highest BCUT2D eigenvalue weighted by molar-refractivity contribution is 7.88. The molecule has 1 saturated heterocycles. The van der Waals surface area contributed by atoms with Crippen molar-refractivity contribution in [1.29, 1.82) is 0 Å². The summed E-state index contributed by atoms with van der Waals surface area (Å²) in [6, 6.07) is 5.64. The van der Waals surface area contributed by atoms with Crippen molar-refractivity contribution in [2.45, 2.75) is 19.8 Å². The zero-order valence-corrected chi connectivity index (χ0v) is 13.9. The summed E-state index contributed by atoms with van der Waals surface area (Å²) in [5.74, 6) is 0.314. The highest BCUT2D eigenvalue weighted by Crippen LogP contribution is 2.37. The van der Waals surface area contributed by atoms with Crippen molar-refractivity contribution >= 4 is 32.9 Å². The molecule has 6 heteroatoms. The largest absolute Gasteiger partial charge is 0.397 e. The standard InChI is InChI=1S/C15H21ClN2O2S/c1-3-12(13-5-4-6-14(16)15(13)17)11-7-9-18(10-8-11)21(2,19)20/h3-6,11H,7-10,17H2,1-2H3/b12-3-. The number of halogens is 1. The summed E-state index contributed by atoms with van der Waals surface area (Å²) < 4.78 is 24.7. The number of nitrogens with zero attached hydrogens (tertiary/aromatic N) is 1. The minimum Gasteiger partial charge on any atom is -0.397 e. The smallest absolute Gasteiger partial charge is 0.211 e. The first-order valence-corrected chi connectivity index (χ1v) is 9.23. The first-order valence-electron chi connectivity index (χ1n) is 7.00. The lowest BCUT2D eigenvalue weighted by Crippen LogP contribution is -2.38. The number of hydrogen-bond acceptors (Lipinski definition) is 3. The summed E-state index contributed by atoms with van der Waals surface area (Å²) >= 11 is 6.10. The molecule has 1 heterocycles. The van der Waals surface area contributed by atoms with E-state index in [0.717, 1.165) is 24.0 Å². The Morgan fingerprint density at radius 2 is 2.00 bits per heavy atom. The molecule has 0 saturated carbocycles. The molecule has 1 fully saturated rings. The number of sulfonamides is 1. The molecule has 0 unspecified atom stereocenters. The van der Waals surface area contributed by atoms with Gasteiger partial charge < -0.3 is 5.73 Å². The third-order valence-electron chi connectivity index (χ3n) is 4.04. The van der Waals surface area contributed by atoms with Crippen molar-refractivity contribution < 1.29 is 8.42 Å². The van der Waals surface area contributed by atoms with Crippen molar-refractivity contribution in [3.05, 3.63) is 34.9 Å². The molecule has 116 valence electrons. The van der Waals surface area contributed by atoms with Crippen LogP contribution in [0.4, 0.5) is 5.69 Å². The third-order valence-corrected chi connectivity index (χ3v) is 5.67. The molecular formula is C15H21ClN2O2S. The van der Waals surface area contributed by atoms with Crippen molar-refractivity contribution in [3.8, 4) is 0 Å². The molecule has 0 bridgehead atoms. The van der Waals surface area contributed by atoms with Crippen LogP contribution in [0.2, 0.25) is 5.02 Å². The summed E-state index contributed by atoms with van der Waals surface area (Å²) in [6.45, 7) is 3.10. The molecule has 4 nitrogen and oxygen atoms in total. The predicted octanol–water partition coefficient (Wildman–Crippen LogP) is 3.00. The van der Waals surface area contributed by atoms with Gasteiger partial charge in [0.1, 0.15) is 0 Å². The van der Waals surface area contributed by atoms with Crippen LogP contribution in [-0.2, 0) is 10.0 Å². The monoisotopic (exact) mass is 328 g/mol. The van der Waals surface area contributed by atoms with E-state index >= 15 is 0 Å². The number of nitrogen functional groups attached to an aromatic ring is 1. The van der Waals surface area contributed by atoms with Crippen LogP contribution in [0.25, 0.3) is 5.57 Å². The Balaban J connectivity index is 2.20. The summed E-state index contributed by atoms with van der Waals surface area (Å²) in [5, 5.41) is 0.556. The number of para-hydroxylation sites is 1. The maximum Gasteiger partial charge on any atom is 0.211 e. The SMILES string of the molecule is C/C=C(\c1cccc(Cl)c1N)C1CCN(S(C)(=O)=O)CC1. The van der Waals surface area contributed by atoms with Gasteiger partial charge in [-0.15, -0.1) is 0 Å². The van der Waals surface area contributed by atoms with Crippen LogP contribution in [0.15, 0.2) is 24.3 Å². The van der Waals surface area contributed by atoms with E-state index in [4.69, 9.17) is 17.3 Å². The van der Waals surface area contributed by atoms with Crippen molar-refractivity contribution in [2.75, 3.05) is 25.1 Å². The van der Waals surface area contributed by atoms with E-state index in [-0.39, 0.29) is 0 Å². The van der Waals surface area contributed by atoms with E-state index in [1.807, 2.05) is 19.1 Å². The van der Waals surface area contributed by atoms with E-state index in [1.165, 1.54) is 10.6 Å². The highest BCUT2D eigenvalue weighted by atomic mass is 35.5. The predicted molar refractivity (Wildman–Crippen MR) is 88.7 cm³/mol. The van der Waals surface area contributed by atoms with Crippen LogP contribution in [0, 0.1) is 5.92 Å². The zero-order chi connectivity index (χ0) is 15.6. The van der Waals surface area contributed by atoms with Crippen LogP contribution in [0.1, 0.15) is 25.3 Å². The number of rotatable bonds is 3. The average molecular weight is 329 g/mol. The van der Waals surface area contributed by atoms with Gasteiger partial charge in [-0.1, -0.05) is 29.8 Å². The molecule has 2 rings (SSSR count). The second kappa shape index (κ2) is 6.38. The van der Waals surface area contributed by atoms with Gasteiger partial charge in [0.05, 0.1) is 17.0 Å². The fraction of sp³-hybridized carbons (Fsp3) is 0.467. The Hall–Kier alpha value is -1.04. The normalized spacial score (nSPS) is 18.9. The minimum absolute atomic E-state index is 0.314. The quantitative estimate of drug-likeness (QED) is 0.867. The number of anilines is 1. The Morgan fingerprint density at radius 1 is 1.38 bits per heavy atom. The molecule has 1 aliphatic rings. The summed E-state index contributed by atoms with van der Waals surface area (Å²) in [6.07, 6.45) is 4.93. The highest BCUT2D eigenvalue weighted by Gasteiger charge is 2.27. The lowest BCUT2D eigenvalue weighted by atomic mass is 9.85. The van der Waals surface area contributed by atoms with Crippen LogP contribution in [0.3, 0.4) is 0 Å². The van der Waals surface area contributed by atoms with Crippen molar-refractivity contribution in [1.82, 2.24) is 4.31 Å². The average Bonchev–Trinajstić information content (AvgIpc) is 2.44. The number of benzene rings is 1. The maximum atomic E-state index is 11.6. The molecule has 0 radical (unpaired) electrons. The van der Waals surface area contributed by atoms with Crippen LogP contribution in [0.5, 0.6) is 0 Å². The molecule has 21 heavy (non-hydrogen) atoms. The van der Waals surface area contributed by atoms with Gasteiger partial charge in [0.25, 0.3) is 0 Å². The zero-order valence-electron chi connectivity index (χ0n) is 12.3. The molecule has 0 amide bonds. The van der Waals surface area contributed by atoms with Gasteiger partial charge in [-0.3, -0.25) is 0 Å². The summed E-state index contributed by atoms with van der Waals surface area (Å²) in [7, 11) is -3.09. The molecule has 2 N–H and O–H groups in total. The molecule has 0 aromatic heterocycles. The van der Waals surface area contributed by atoms with Crippen molar-refractivity contribution in [2.24, 2.45) is 5.92 Å². The van der Waals surface area contributed by atoms with Crippen LogP contribution >= 0.6 is 11.6 Å². The topological polar surface area (TPSA) is 63.4 Å². The van der Waals surface area contributed by atoms with Crippen LogP contribution < -0.4 is 5.73 Å². The lowest BCUT2D eigenvalue weighted by molar-refractivity contribution is 0.313. The van der Waals surface area contributed by atoms with E-state index < -0.39 is 10.0 Å². The van der Waals surface area contributed by atoms with E-state index in [0.29, 0.717) is 29.7 Å². The molecule has 0 atom stereocenters. The number of piperidine rings is 1. The first-order chi connectivity index (χ1) is 9.84. The fourth-order valence-electron chi connectivity index (χ4n) is 2.90. The maximum absolute atomic E-state index is 11.6. The minimum atomic E-state index is -3.09. The van der Waals surface area contributed by atoms with Gasteiger partial charge in [0.2, 0.25) is 10.0 Å².